The van der Waals surface area contributed by atoms with Crippen LogP contribution in [0.25, 0.3) is 0 Å². The summed E-state index contributed by atoms with van der Waals surface area (Å²) in [4.78, 5) is 11.5. The Hall–Kier alpha value is -1.75. The Labute approximate surface area is 104 Å². The molecule has 0 aliphatic carbocycles. The summed E-state index contributed by atoms with van der Waals surface area (Å²) in [6, 6.07) is 7.07. The fourth-order valence-corrected chi connectivity index (χ4v) is 1.36. The van der Waals surface area contributed by atoms with E-state index in [0.717, 1.165) is 5.56 Å². The minimum atomic E-state index is -0.113. The lowest BCUT2D eigenvalue weighted by molar-refractivity contribution is -0.120. The number of rotatable bonds is 5. The molecule has 1 aromatic rings. The number of carbonyl (C=O) groups is 1. The van der Waals surface area contributed by atoms with Crippen LogP contribution in [0.15, 0.2) is 29.4 Å². The molecular weight excluding hydrogens is 242 g/mol. The molecule has 0 aliphatic heterocycles. The monoisotopic (exact) mass is 255 g/mol. The van der Waals surface area contributed by atoms with Crippen molar-refractivity contribution in [3.05, 3.63) is 34.9 Å². The van der Waals surface area contributed by atoms with Gasteiger partial charge in [0.2, 0.25) is 5.91 Å². The SMILES string of the molecule is NC(CCNC(=O)Cc1ccc(Cl)cc1)=NO. The molecule has 0 heterocycles. The molecule has 1 amide bonds. The predicted octanol–water partition coefficient (Wildman–Crippen LogP) is 1.14. The van der Waals surface area contributed by atoms with E-state index in [-0.39, 0.29) is 18.2 Å². The fraction of sp³-hybridized carbons (Fsp3) is 0.273. The molecule has 0 aliphatic rings. The van der Waals surface area contributed by atoms with E-state index in [2.05, 4.69) is 10.5 Å². The van der Waals surface area contributed by atoms with Gasteiger partial charge in [0.05, 0.1) is 6.42 Å². The topological polar surface area (TPSA) is 87.7 Å². The molecule has 0 fully saturated rings. The summed E-state index contributed by atoms with van der Waals surface area (Å²) in [5.41, 5.74) is 6.15. The number of halogens is 1. The summed E-state index contributed by atoms with van der Waals surface area (Å²) in [6.07, 6.45) is 0.607. The summed E-state index contributed by atoms with van der Waals surface area (Å²) < 4.78 is 0. The molecule has 1 rings (SSSR count). The summed E-state index contributed by atoms with van der Waals surface area (Å²) in [6.45, 7) is 0.350. The highest BCUT2D eigenvalue weighted by atomic mass is 35.5. The summed E-state index contributed by atoms with van der Waals surface area (Å²) in [5, 5.41) is 14.4. The largest absolute Gasteiger partial charge is 0.409 e. The molecule has 1 aromatic carbocycles. The number of hydrogen-bond donors (Lipinski definition) is 3. The summed E-state index contributed by atoms with van der Waals surface area (Å²) in [7, 11) is 0. The minimum absolute atomic E-state index is 0.0943. The van der Waals surface area contributed by atoms with Crippen molar-refractivity contribution in [2.75, 3.05) is 6.54 Å². The van der Waals surface area contributed by atoms with Crippen LogP contribution >= 0.6 is 11.6 Å². The van der Waals surface area contributed by atoms with Gasteiger partial charge in [-0.05, 0) is 17.7 Å². The molecule has 0 aromatic heterocycles. The van der Waals surface area contributed by atoms with Crippen LogP contribution in [0.5, 0.6) is 0 Å². The van der Waals surface area contributed by atoms with Gasteiger partial charge in [0.1, 0.15) is 5.84 Å². The highest BCUT2D eigenvalue weighted by Gasteiger charge is 2.03. The first-order valence-corrected chi connectivity index (χ1v) is 5.47. The van der Waals surface area contributed by atoms with E-state index in [9.17, 15) is 4.79 Å². The average Bonchev–Trinajstić information content (AvgIpc) is 2.32. The first-order chi connectivity index (χ1) is 8.11. The molecule has 17 heavy (non-hydrogen) atoms. The number of oxime groups is 1. The molecule has 5 nitrogen and oxygen atoms in total. The number of nitrogens with two attached hydrogens (primary N) is 1. The van der Waals surface area contributed by atoms with Gasteiger partial charge in [-0.15, -0.1) is 0 Å². The van der Waals surface area contributed by atoms with Crippen LogP contribution < -0.4 is 11.1 Å². The highest BCUT2D eigenvalue weighted by Crippen LogP contribution is 2.09. The second kappa shape index (κ2) is 6.75. The molecule has 0 saturated carbocycles. The van der Waals surface area contributed by atoms with Crippen molar-refractivity contribution >= 4 is 23.3 Å². The Kier molecular flexibility index (Phi) is 5.29. The normalized spacial score (nSPS) is 11.2. The number of carbonyl (C=O) groups excluding carboxylic acids is 1. The summed E-state index contributed by atoms with van der Waals surface area (Å²) >= 11 is 5.73. The third-order valence-corrected chi connectivity index (χ3v) is 2.36. The van der Waals surface area contributed by atoms with E-state index >= 15 is 0 Å². The van der Waals surface area contributed by atoms with Crippen LogP contribution in [0, 0.1) is 0 Å². The molecule has 0 unspecified atom stereocenters. The Morgan fingerprint density at radius 3 is 2.65 bits per heavy atom. The molecule has 0 atom stereocenters. The molecular formula is C11H14ClN3O2. The molecule has 0 spiro atoms. The second-order valence-corrected chi connectivity index (χ2v) is 3.93. The van der Waals surface area contributed by atoms with Gasteiger partial charge in [0.25, 0.3) is 0 Å². The molecule has 0 radical (unpaired) electrons. The Balaban J connectivity index is 2.32. The zero-order chi connectivity index (χ0) is 12.7. The molecule has 0 bridgehead atoms. The van der Waals surface area contributed by atoms with Gasteiger partial charge in [0, 0.05) is 18.0 Å². The number of nitrogens with one attached hydrogen (secondary N) is 1. The maximum absolute atomic E-state index is 11.5. The van der Waals surface area contributed by atoms with E-state index in [1.807, 2.05) is 0 Å². The molecule has 4 N–H and O–H groups in total. The lowest BCUT2D eigenvalue weighted by Crippen LogP contribution is -2.29. The number of amidine groups is 1. The first kappa shape index (κ1) is 13.3. The van der Waals surface area contributed by atoms with Crippen molar-refractivity contribution < 1.29 is 10.0 Å². The van der Waals surface area contributed by atoms with Crippen LogP contribution in [0.3, 0.4) is 0 Å². The van der Waals surface area contributed by atoms with E-state index in [0.29, 0.717) is 18.0 Å². The third kappa shape index (κ3) is 5.21. The van der Waals surface area contributed by atoms with Gasteiger partial charge in [-0.1, -0.05) is 28.9 Å². The van der Waals surface area contributed by atoms with Crippen molar-refractivity contribution in [1.29, 1.82) is 0 Å². The Bertz CT molecular complexity index is 404. The van der Waals surface area contributed by atoms with Crippen LogP contribution in [0.1, 0.15) is 12.0 Å². The van der Waals surface area contributed by atoms with E-state index in [1.54, 1.807) is 24.3 Å². The lowest BCUT2D eigenvalue weighted by Gasteiger charge is -2.04. The molecule has 6 heteroatoms. The van der Waals surface area contributed by atoms with Gasteiger partial charge < -0.3 is 16.3 Å². The standard InChI is InChI=1S/C11H14ClN3O2/c12-9-3-1-8(2-4-9)7-11(16)14-6-5-10(13)15-17/h1-4,17H,5-7H2,(H2,13,15)(H,14,16). The fourth-order valence-electron chi connectivity index (χ4n) is 1.23. The third-order valence-electron chi connectivity index (χ3n) is 2.11. The number of nitrogens with zero attached hydrogens (tertiary/aromatic N) is 1. The molecule has 92 valence electrons. The zero-order valence-corrected chi connectivity index (χ0v) is 9.94. The van der Waals surface area contributed by atoms with E-state index < -0.39 is 0 Å². The van der Waals surface area contributed by atoms with E-state index in [4.69, 9.17) is 22.5 Å². The highest BCUT2D eigenvalue weighted by molar-refractivity contribution is 6.30. The second-order valence-electron chi connectivity index (χ2n) is 3.49. The van der Waals surface area contributed by atoms with Crippen LogP contribution in [-0.4, -0.2) is 23.5 Å². The maximum atomic E-state index is 11.5. The van der Waals surface area contributed by atoms with Gasteiger partial charge in [-0.2, -0.15) is 0 Å². The van der Waals surface area contributed by atoms with Crippen LogP contribution in [0.4, 0.5) is 0 Å². The molecule has 0 saturated heterocycles. The Morgan fingerprint density at radius 2 is 2.06 bits per heavy atom. The maximum Gasteiger partial charge on any atom is 0.224 e. The van der Waals surface area contributed by atoms with Crippen molar-refractivity contribution in [3.63, 3.8) is 0 Å². The first-order valence-electron chi connectivity index (χ1n) is 5.09. The van der Waals surface area contributed by atoms with Gasteiger partial charge in [-0.25, -0.2) is 0 Å². The quantitative estimate of drug-likeness (QED) is 0.319. The summed E-state index contributed by atoms with van der Waals surface area (Å²) in [5.74, 6) is -0.0187. The van der Waals surface area contributed by atoms with Crippen molar-refractivity contribution in [2.24, 2.45) is 10.9 Å². The van der Waals surface area contributed by atoms with Crippen LogP contribution in [0.2, 0.25) is 5.02 Å². The number of benzene rings is 1. The number of hydrogen-bond acceptors (Lipinski definition) is 3. The van der Waals surface area contributed by atoms with Crippen molar-refractivity contribution in [2.45, 2.75) is 12.8 Å². The van der Waals surface area contributed by atoms with Crippen molar-refractivity contribution in [1.82, 2.24) is 5.32 Å². The van der Waals surface area contributed by atoms with Gasteiger partial charge in [0.15, 0.2) is 0 Å². The van der Waals surface area contributed by atoms with Gasteiger partial charge >= 0.3 is 0 Å². The minimum Gasteiger partial charge on any atom is -0.409 e. The van der Waals surface area contributed by atoms with E-state index in [1.165, 1.54) is 0 Å². The predicted molar refractivity (Wildman–Crippen MR) is 66.2 cm³/mol. The zero-order valence-electron chi connectivity index (χ0n) is 9.19. The Morgan fingerprint density at radius 1 is 1.41 bits per heavy atom. The average molecular weight is 256 g/mol. The number of amides is 1. The van der Waals surface area contributed by atoms with Crippen molar-refractivity contribution in [3.8, 4) is 0 Å². The smallest absolute Gasteiger partial charge is 0.224 e. The van der Waals surface area contributed by atoms with Crippen LogP contribution in [-0.2, 0) is 11.2 Å². The lowest BCUT2D eigenvalue weighted by atomic mass is 10.1. The van der Waals surface area contributed by atoms with Gasteiger partial charge in [-0.3, -0.25) is 4.79 Å².